The Kier molecular flexibility index (Phi) is 4.00. The maximum Gasteiger partial charge on any atom is 0.256 e. The van der Waals surface area contributed by atoms with Gasteiger partial charge >= 0.3 is 0 Å². The van der Waals surface area contributed by atoms with E-state index in [9.17, 15) is 4.79 Å². The lowest BCUT2D eigenvalue weighted by atomic mass is 10.1. The van der Waals surface area contributed by atoms with Crippen molar-refractivity contribution in [1.82, 2.24) is 9.88 Å². The van der Waals surface area contributed by atoms with Crippen LogP contribution >= 0.6 is 0 Å². The number of benzene rings is 1. The molecule has 0 unspecified atom stereocenters. The number of fused-ring (bicyclic) bond motifs is 1. The van der Waals surface area contributed by atoms with Crippen molar-refractivity contribution in [2.45, 2.75) is 20.3 Å². The van der Waals surface area contributed by atoms with Crippen LogP contribution in [-0.2, 0) is 0 Å². The van der Waals surface area contributed by atoms with Crippen molar-refractivity contribution in [2.24, 2.45) is 0 Å². The van der Waals surface area contributed by atoms with E-state index in [4.69, 9.17) is 5.73 Å². The van der Waals surface area contributed by atoms with Gasteiger partial charge in [-0.05, 0) is 18.7 Å². The molecule has 1 aromatic heterocycles. The van der Waals surface area contributed by atoms with Crippen LogP contribution in [0.1, 0.15) is 30.6 Å². The molecule has 2 rings (SSSR count). The van der Waals surface area contributed by atoms with Gasteiger partial charge in [0.25, 0.3) is 5.91 Å². The van der Waals surface area contributed by atoms with Gasteiger partial charge in [0.2, 0.25) is 0 Å². The second-order valence-electron chi connectivity index (χ2n) is 4.49. The summed E-state index contributed by atoms with van der Waals surface area (Å²) in [6, 6.07) is 7.62. The smallest absolute Gasteiger partial charge is 0.256 e. The Balaban J connectivity index is 2.51. The van der Waals surface area contributed by atoms with E-state index in [0.717, 1.165) is 23.7 Å². The highest BCUT2D eigenvalue weighted by Crippen LogP contribution is 2.23. The summed E-state index contributed by atoms with van der Waals surface area (Å²) in [4.78, 5) is 18.5. The summed E-state index contributed by atoms with van der Waals surface area (Å²) in [5.41, 5.74) is 6.48. The third-order valence-corrected chi connectivity index (χ3v) is 3.22. The number of hydrogen-bond acceptors (Lipinski definition) is 3. The van der Waals surface area contributed by atoms with Crippen LogP contribution in [0.4, 0.5) is 5.82 Å². The zero-order valence-electron chi connectivity index (χ0n) is 11.4. The highest BCUT2D eigenvalue weighted by atomic mass is 16.2. The molecule has 1 amide bonds. The zero-order valence-corrected chi connectivity index (χ0v) is 11.4. The summed E-state index contributed by atoms with van der Waals surface area (Å²) in [5, 5.41) is 1.70. The molecule has 1 aromatic carbocycles. The first-order valence-electron chi connectivity index (χ1n) is 6.61. The van der Waals surface area contributed by atoms with Gasteiger partial charge in [-0.1, -0.05) is 31.2 Å². The van der Waals surface area contributed by atoms with Gasteiger partial charge in [0.05, 0.1) is 5.56 Å². The third kappa shape index (κ3) is 2.52. The number of aromatic nitrogens is 1. The van der Waals surface area contributed by atoms with Crippen LogP contribution in [0.25, 0.3) is 10.8 Å². The molecule has 1 heterocycles. The van der Waals surface area contributed by atoms with Crippen LogP contribution < -0.4 is 5.73 Å². The van der Waals surface area contributed by atoms with E-state index in [2.05, 4.69) is 11.9 Å². The number of pyridine rings is 1. The van der Waals surface area contributed by atoms with Crippen LogP contribution in [0.5, 0.6) is 0 Å². The Hall–Kier alpha value is -2.10. The maximum absolute atomic E-state index is 12.5. The summed E-state index contributed by atoms with van der Waals surface area (Å²) >= 11 is 0. The van der Waals surface area contributed by atoms with Crippen molar-refractivity contribution in [2.75, 3.05) is 18.8 Å². The molecular formula is C15H19N3O. The molecule has 0 spiro atoms. The number of nitrogens with two attached hydrogens (primary N) is 1. The molecule has 4 nitrogen and oxygen atoms in total. The van der Waals surface area contributed by atoms with Crippen LogP contribution in [-0.4, -0.2) is 28.9 Å². The summed E-state index contributed by atoms with van der Waals surface area (Å²) < 4.78 is 0. The largest absolute Gasteiger partial charge is 0.383 e. The lowest BCUT2D eigenvalue weighted by Gasteiger charge is -2.21. The Bertz CT molecular complexity index is 595. The number of nitrogens with zero attached hydrogens (tertiary/aromatic N) is 2. The maximum atomic E-state index is 12.5. The molecule has 0 aliphatic rings. The topological polar surface area (TPSA) is 59.2 Å². The van der Waals surface area contributed by atoms with E-state index >= 15 is 0 Å². The summed E-state index contributed by atoms with van der Waals surface area (Å²) in [5.74, 6) is 0.485. The van der Waals surface area contributed by atoms with E-state index in [1.165, 1.54) is 0 Å². The van der Waals surface area contributed by atoms with Crippen molar-refractivity contribution < 1.29 is 4.79 Å². The fourth-order valence-electron chi connectivity index (χ4n) is 2.23. The van der Waals surface area contributed by atoms with E-state index in [0.29, 0.717) is 17.9 Å². The lowest BCUT2D eigenvalue weighted by Crippen LogP contribution is -2.31. The highest BCUT2D eigenvalue weighted by molar-refractivity contribution is 6.08. The summed E-state index contributed by atoms with van der Waals surface area (Å²) in [7, 11) is 0. The van der Waals surface area contributed by atoms with Crippen LogP contribution in [0.2, 0.25) is 0 Å². The van der Waals surface area contributed by atoms with Gasteiger partial charge in [-0.3, -0.25) is 4.79 Å². The van der Waals surface area contributed by atoms with Gasteiger partial charge in [0.15, 0.2) is 0 Å². The SMILES string of the molecule is CCCN(CC)C(=O)c1cnc(N)c2ccccc12. The summed E-state index contributed by atoms with van der Waals surface area (Å²) in [6.45, 7) is 5.51. The van der Waals surface area contributed by atoms with Crippen molar-refractivity contribution in [3.8, 4) is 0 Å². The molecule has 19 heavy (non-hydrogen) atoms. The fourth-order valence-corrected chi connectivity index (χ4v) is 2.23. The number of nitrogen functional groups attached to an aromatic ring is 1. The number of amides is 1. The minimum Gasteiger partial charge on any atom is -0.383 e. The second kappa shape index (κ2) is 5.69. The molecular weight excluding hydrogens is 238 g/mol. The van der Waals surface area contributed by atoms with E-state index in [1.807, 2.05) is 36.1 Å². The number of carbonyl (C=O) groups is 1. The van der Waals surface area contributed by atoms with Crippen molar-refractivity contribution in [1.29, 1.82) is 0 Å². The Morgan fingerprint density at radius 1 is 1.26 bits per heavy atom. The van der Waals surface area contributed by atoms with Crippen molar-refractivity contribution >= 4 is 22.5 Å². The molecule has 0 atom stereocenters. The van der Waals surface area contributed by atoms with Gasteiger partial charge in [0, 0.05) is 24.7 Å². The average Bonchev–Trinajstić information content (AvgIpc) is 2.45. The van der Waals surface area contributed by atoms with E-state index in [1.54, 1.807) is 6.20 Å². The highest BCUT2D eigenvalue weighted by Gasteiger charge is 2.17. The zero-order chi connectivity index (χ0) is 13.8. The van der Waals surface area contributed by atoms with Gasteiger partial charge in [0.1, 0.15) is 5.82 Å². The van der Waals surface area contributed by atoms with Gasteiger partial charge in [-0.2, -0.15) is 0 Å². The van der Waals surface area contributed by atoms with E-state index in [-0.39, 0.29) is 5.91 Å². The molecule has 0 fully saturated rings. The third-order valence-electron chi connectivity index (χ3n) is 3.22. The van der Waals surface area contributed by atoms with Crippen molar-refractivity contribution in [3.63, 3.8) is 0 Å². The predicted molar refractivity (Wildman–Crippen MR) is 78.0 cm³/mol. The van der Waals surface area contributed by atoms with Gasteiger partial charge in [-0.25, -0.2) is 4.98 Å². The number of anilines is 1. The first kappa shape index (κ1) is 13.3. The fraction of sp³-hybridized carbons (Fsp3) is 0.333. The first-order valence-corrected chi connectivity index (χ1v) is 6.61. The monoisotopic (exact) mass is 257 g/mol. The molecule has 0 saturated carbocycles. The van der Waals surface area contributed by atoms with Crippen molar-refractivity contribution in [3.05, 3.63) is 36.0 Å². The first-order chi connectivity index (χ1) is 9.19. The predicted octanol–water partition coefficient (Wildman–Crippen LogP) is 2.69. The molecule has 100 valence electrons. The molecule has 2 N–H and O–H groups in total. The van der Waals surface area contributed by atoms with Gasteiger partial charge in [-0.15, -0.1) is 0 Å². The molecule has 0 aliphatic heterocycles. The molecule has 2 aromatic rings. The van der Waals surface area contributed by atoms with E-state index < -0.39 is 0 Å². The molecule has 0 saturated heterocycles. The minimum absolute atomic E-state index is 0.0213. The Labute approximate surface area is 113 Å². The van der Waals surface area contributed by atoms with Crippen LogP contribution in [0.15, 0.2) is 30.5 Å². The van der Waals surface area contributed by atoms with Crippen LogP contribution in [0, 0.1) is 0 Å². The Morgan fingerprint density at radius 2 is 1.95 bits per heavy atom. The van der Waals surface area contributed by atoms with Crippen LogP contribution in [0.3, 0.4) is 0 Å². The minimum atomic E-state index is 0.0213. The standard InChI is InChI=1S/C15H19N3O/c1-3-9-18(4-2)15(19)13-10-17-14(16)12-8-6-5-7-11(12)13/h5-8,10H,3-4,9H2,1-2H3,(H2,16,17). The molecule has 0 aliphatic carbocycles. The number of carbonyl (C=O) groups excluding carboxylic acids is 1. The Morgan fingerprint density at radius 3 is 2.58 bits per heavy atom. The molecule has 0 radical (unpaired) electrons. The normalized spacial score (nSPS) is 10.6. The second-order valence-corrected chi connectivity index (χ2v) is 4.49. The number of hydrogen-bond donors (Lipinski definition) is 1. The molecule has 0 bridgehead atoms. The lowest BCUT2D eigenvalue weighted by molar-refractivity contribution is 0.0766. The quantitative estimate of drug-likeness (QED) is 0.916. The summed E-state index contributed by atoms with van der Waals surface area (Å²) in [6.07, 6.45) is 2.53. The molecule has 4 heteroatoms. The average molecular weight is 257 g/mol. The number of rotatable bonds is 4. The van der Waals surface area contributed by atoms with Gasteiger partial charge < -0.3 is 10.6 Å².